The molecule has 1 atom stereocenters. The highest BCUT2D eigenvalue weighted by atomic mass is 32.2. The fourth-order valence-electron chi connectivity index (χ4n) is 4.72. The van der Waals surface area contributed by atoms with Crippen LogP contribution in [0.1, 0.15) is 43.2 Å². The van der Waals surface area contributed by atoms with Gasteiger partial charge in [0.1, 0.15) is 10.6 Å². The van der Waals surface area contributed by atoms with Gasteiger partial charge >= 0.3 is 0 Å². The first-order valence-electron chi connectivity index (χ1n) is 11.7. The molecule has 4 aromatic rings. The van der Waals surface area contributed by atoms with Crippen molar-refractivity contribution in [2.24, 2.45) is 11.3 Å². The second kappa shape index (κ2) is 9.23. The Balaban J connectivity index is 1.59. The third-order valence-electron chi connectivity index (χ3n) is 6.82. The molecule has 0 spiro atoms. The van der Waals surface area contributed by atoms with E-state index in [9.17, 15) is 4.79 Å². The molecule has 4 nitrogen and oxygen atoms in total. The van der Waals surface area contributed by atoms with Crippen LogP contribution < -0.4 is 10.3 Å². The molecule has 6 heteroatoms. The molecule has 0 unspecified atom stereocenters. The number of aromatic nitrogens is 2. The van der Waals surface area contributed by atoms with E-state index in [-0.39, 0.29) is 11.0 Å². The lowest BCUT2D eigenvalue weighted by atomic mass is 9.72. The Morgan fingerprint density at radius 2 is 1.85 bits per heavy atom. The van der Waals surface area contributed by atoms with Gasteiger partial charge in [-0.05, 0) is 66.0 Å². The Labute approximate surface area is 209 Å². The van der Waals surface area contributed by atoms with Crippen molar-refractivity contribution >= 4 is 33.3 Å². The summed E-state index contributed by atoms with van der Waals surface area (Å²) in [6, 6.07) is 18.0. The summed E-state index contributed by atoms with van der Waals surface area (Å²) < 4.78 is 7.08. The highest BCUT2D eigenvalue weighted by Gasteiger charge is 2.32. The van der Waals surface area contributed by atoms with Crippen LogP contribution in [-0.2, 0) is 18.6 Å². The Bertz CT molecular complexity index is 1370. The van der Waals surface area contributed by atoms with Crippen molar-refractivity contribution in [3.05, 3.63) is 81.0 Å². The number of hydrogen-bond acceptors (Lipinski definition) is 5. The molecule has 0 fully saturated rings. The SMILES string of the molecule is COc1ccc(CSc2nc3sc4c(c3c(=O)n2-c2ccccc2)CC[C@H](C(C)(C)C)C4)cc1. The summed E-state index contributed by atoms with van der Waals surface area (Å²) in [4.78, 5) is 21.3. The Hall–Kier alpha value is -2.57. The number of rotatable bonds is 5. The standard InChI is InChI=1S/C28H30N2O2S2/c1-28(2,3)19-12-15-22-23(16-19)34-25-24(22)26(31)30(20-8-6-5-7-9-20)27(29-25)33-17-18-10-13-21(32-4)14-11-18/h5-11,13-14,19H,12,15-17H2,1-4H3/t19-/m0/s1. The van der Waals surface area contributed by atoms with Gasteiger partial charge in [0.25, 0.3) is 5.56 Å². The van der Waals surface area contributed by atoms with Crippen molar-refractivity contribution in [1.82, 2.24) is 9.55 Å². The number of aryl methyl sites for hydroxylation is 1. The quantitative estimate of drug-likeness (QED) is 0.225. The van der Waals surface area contributed by atoms with Crippen LogP contribution in [0.25, 0.3) is 15.9 Å². The lowest BCUT2D eigenvalue weighted by Crippen LogP contribution is -2.27. The number of para-hydroxylation sites is 1. The molecule has 0 amide bonds. The molecule has 2 heterocycles. The van der Waals surface area contributed by atoms with Gasteiger partial charge in [-0.25, -0.2) is 4.98 Å². The number of methoxy groups -OCH3 is 1. The van der Waals surface area contributed by atoms with Crippen LogP contribution in [0.4, 0.5) is 0 Å². The molecule has 2 aromatic carbocycles. The van der Waals surface area contributed by atoms with E-state index in [2.05, 4.69) is 32.9 Å². The van der Waals surface area contributed by atoms with Crippen LogP contribution in [0.15, 0.2) is 64.5 Å². The molecule has 0 aliphatic heterocycles. The van der Waals surface area contributed by atoms with Crippen molar-refractivity contribution in [2.75, 3.05) is 7.11 Å². The summed E-state index contributed by atoms with van der Waals surface area (Å²) in [5, 5.41) is 1.57. The highest BCUT2D eigenvalue weighted by molar-refractivity contribution is 7.98. The summed E-state index contributed by atoms with van der Waals surface area (Å²) in [6.07, 6.45) is 3.13. The zero-order chi connectivity index (χ0) is 23.9. The van der Waals surface area contributed by atoms with Gasteiger partial charge in [0.2, 0.25) is 0 Å². The maximum atomic E-state index is 14.0. The minimum Gasteiger partial charge on any atom is -0.497 e. The number of thioether (sulfide) groups is 1. The van der Waals surface area contributed by atoms with Gasteiger partial charge in [-0.3, -0.25) is 9.36 Å². The van der Waals surface area contributed by atoms with E-state index >= 15 is 0 Å². The predicted octanol–water partition coefficient (Wildman–Crippen LogP) is 6.90. The Kier molecular flexibility index (Phi) is 6.30. The van der Waals surface area contributed by atoms with Gasteiger partial charge in [-0.15, -0.1) is 11.3 Å². The zero-order valence-corrected chi connectivity index (χ0v) is 21.8. The molecule has 1 aliphatic rings. The molecule has 5 rings (SSSR count). The van der Waals surface area contributed by atoms with Gasteiger partial charge in [0, 0.05) is 10.6 Å². The summed E-state index contributed by atoms with van der Waals surface area (Å²) in [6.45, 7) is 6.97. The number of nitrogens with zero attached hydrogens (tertiary/aromatic N) is 2. The summed E-state index contributed by atoms with van der Waals surface area (Å²) in [5.74, 6) is 2.20. The van der Waals surface area contributed by atoms with Crippen LogP contribution in [0.5, 0.6) is 5.75 Å². The number of hydrogen-bond donors (Lipinski definition) is 0. The van der Waals surface area contributed by atoms with Crippen LogP contribution in [0.2, 0.25) is 0 Å². The molecule has 0 radical (unpaired) electrons. The lowest BCUT2D eigenvalue weighted by Gasteiger charge is -2.33. The normalized spacial score (nSPS) is 15.9. The summed E-state index contributed by atoms with van der Waals surface area (Å²) in [5.41, 5.74) is 3.58. The van der Waals surface area contributed by atoms with Crippen LogP contribution in [0.3, 0.4) is 0 Å². The second-order valence-electron chi connectivity index (χ2n) is 10.00. The maximum absolute atomic E-state index is 14.0. The molecule has 176 valence electrons. The Morgan fingerprint density at radius 1 is 1.12 bits per heavy atom. The maximum Gasteiger partial charge on any atom is 0.267 e. The van der Waals surface area contributed by atoms with E-state index in [0.29, 0.717) is 5.92 Å². The van der Waals surface area contributed by atoms with Gasteiger partial charge in [-0.1, -0.05) is 62.9 Å². The van der Waals surface area contributed by atoms with Crippen molar-refractivity contribution in [2.45, 2.75) is 50.9 Å². The second-order valence-corrected chi connectivity index (χ2v) is 12.0. The molecule has 2 aromatic heterocycles. The van der Waals surface area contributed by atoms with Crippen molar-refractivity contribution in [3.8, 4) is 11.4 Å². The molecule has 34 heavy (non-hydrogen) atoms. The van der Waals surface area contributed by atoms with Gasteiger partial charge in [0.15, 0.2) is 5.16 Å². The predicted molar refractivity (Wildman–Crippen MR) is 143 cm³/mol. The first kappa shape index (κ1) is 23.2. The molecule has 0 saturated heterocycles. The number of benzene rings is 2. The number of fused-ring (bicyclic) bond motifs is 3. The average molecular weight is 491 g/mol. The first-order valence-corrected chi connectivity index (χ1v) is 13.5. The molecule has 0 N–H and O–H groups in total. The lowest BCUT2D eigenvalue weighted by molar-refractivity contribution is 0.218. The molecule has 1 aliphatic carbocycles. The summed E-state index contributed by atoms with van der Waals surface area (Å²) in [7, 11) is 1.67. The smallest absolute Gasteiger partial charge is 0.267 e. The zero-order valence-electron chi connectivity index (χ0n) is 20.1. The minimum atomic E-state index is 0.0557. The molecular formula is C28H30N2O2S2. The largest absolute Gasteiger partial charge is 0.497 e. The third-order valence-corrected chi connectivity index (χ3v) is 8.98. The number of thiophene rings is 1. The van der Waals surface area contributed by atoms with E-state index < -0.39 is 0 Å². The highest BCUT2D eigenvalue weighted by Crippen LogP contribution is 2.42. The Morgan fingerprint density at radius 3 is 2.53 bits per heavy atom. The van der Waals surface area contributed by atoms with E-state index in [1.165, 1.54) is 16.0 Å². The minimum absolute atomic E-state index is 0.0557. The monoisotopic (exact) mass is 490 g/mol. The number of ether oxygens (including phenoxy) is 1. The van der Waals surface area contributed by atoms with Crippen LogP contribution in [0, 0.1) is 11.3 Å². The first-order chi connectivity index (χ1) is 16.3. The average Bonchev–Trinajstić information content (AvgIpc) is 3.21. The molecule has 0 saturated carbocycles. The van der Waals surface area contributed by atoms with Crippen molar-refractivity contribution in [1.29, 1.82) is 0 Å². The topological polar surface area (TPSA) is 44.1 Å². The molecular weight excluding hydrogens is 460 g/mol. The van der Waals surface area contributed by atoms with Gasteiger partial charge in [0.05, 0.1) is 18.2 Å². The van der Waals surface area contributed by atoms with E-state index in [1.807, 2.05) is 42.5 Å². The van der Waals surface area contributed by atoms with Gasteiger partial charge in [-0.2, -0.15) is 0 Å². The van der Waals surface area contributed by atoms with Crippen LogP contribution in [-0.4, -0.2) is 16.7 Å². The summed E-state index contributed by atoms with van der Waals surface area (Å²) >= 11 is 3.33. The van der Waals surface area contributed by atoms with Gasteiger partial charge < -0.3 is 4.74 Å². The van der Waals surface area contributed by atoms with E-state index in [4.69, 9.17) is 9.72 Å². The third kappa shape index (κ3) is 4.41. The van der Waals surface area contributed by atoms with Crippen molar-refractivity contribution < 1.29 is 4.74 Å². The fraction of sp³-hybridized carbons (Fsp3) is 0.357. The van der Waals surface area contributed by atoms with Crippen molar-refractivity contribution in [3.63, 3.8) is 0 Å². The molecule has 0 bridgehead atoms. The van der Waals surface area contributed by atoms with E-state index in [1.54, 1.807) is 34.8 Å². The van der Waals surface area contributed by atoms with Crippen LogP contribution >= 0.6 is 23.1 Å². The van der Waals surface area contributed by atoms with E-state index in [0.717, 1.165) is 51.8 Å². The fourth-order valence-corrected chi connectivity index (χ4v) is 7.03.